The number of aryl methyl sites for hydroxylation is 2. The van der Waals surface area contributed by atoms with Gasteiger partial charge in [-0.1, -0.05) is 18.2 Å². The van der Waals surface area contributed by atoms with Crippen molar-refractivity contribution in [2.75, 3.05) is 5.32 Å². The van der Waals surface area contributed by atoms with Crippen LogP contribution in [-0.4, -0.2) is 5.91 Å². The number of hydrogen-bond acceptors (Lipinski definition) is 1. The fourth-order valence-corrected chi connectivity index (χ4v) is 2.16. The second kappa shape index (κ2) is 5.52. The zero-order chi connectivity index (χ0) is 13.1. The third-order valence-corrected chi connectivity index (χ3v) is 3.55. The average Bonchev–Trinajstić information content (AvgIpc) is 2.34. The molecule has 0 saturated heterocycles. The van der Waals surface area contributed by atoms with E-state index in [1.54, 1.807) is 0 Å². The summed E-state index contributed by atoms with van der Waals surface area (Å²) in [5.74, 6) is -0.0659. The van der Waals surface area contributed by atoms with E-state index in [2.05, 4.69) is 27.9 Å². The molecule has 0 aliphatic rings. The summed E-state index contributed by atoms with van der Waals surface area (Å²) < 4.78 is 1.12. The van der Waals surface area contributed by atoms with Gasteiger partial charge in [0.05, 0.1) is 0 Å². The molecule has 2 rings (SSSR count). The van der Waals surface area contributed by atoms with Crippen molar-refractivity contribution in [2.45, 2.75) is 13.8 Å². The van der Waals surface area contributed by atoms with Gasteiger partial charge < -0.3 is 5.32 Å². The highest BCUT2D eigenvalue weighted by Crippen LogP contribution is 2.20. The van der Waals surface area contributed by atoms with Crippen LogP contribution >= 0.6 is 22.6 Å². The minimum atomic E-state index is -0.0659. The number of rotatable bonds is 2. The van der Waals surface area contributed by atoms with Crippen LogP contribution in [0.3, 0.4) is 0 Å². The predicted octanol–water partition coefficient (Wildman–Crippen LogP) is 4.16. The molecule has 0 heterocycles. The van der Waals surface area contributed by atoms with Crippen molar-refractivity contribution in [3.8, 4) is 0 Å². The first-order valence-electron chi connectivity index (χ1n) is 5.71. The molecule has 3 heteroatoms. The summed E-state index contributed by atoms with van der Waals surface area (Å²) in [6.45, 7) is 3.99. The van der Waals surface area contributed by atoms with Crippen molar-refractivity contribution < 1.29 is 4.79 Å². The van der Waals surface area contributed by atoms with E-state index < -0.39 is 0 Å². The molecule has 2 nitrogen and oxygen atoms in total. The number of para-hydroxylation sites is 1. The first kappa shape index (κ1) is 13.1. The highest BCUT2D eigenvalue weighted by atomic mass is 127. The lowest BCUT2D eigenvalue weighted by molar-refractivity contribution is 0.102. The van der Waals surface area contributed by atoms with Crippen molar-refractivity contribution >= 4 is 34.2 Å². The number of amides is 1. The van der Waals surface area contributed by atoms with E-state index in [1.165, 1.54) is 0 Å². The molecule has 0 radical (unpaired) electrons. The molecule has 0 saturated carbocycles. The molecular weight excluding hydrogens is 337 g/mol. The third kappa shape index (κ3) is 2.90. The molecular formula is C15H14INO. The molecule has 0 atom stereocenters. The molecule has 0 unspecified atom stereocenters. The van der Waals surface area contributed by atoms with Crippen LogP contribution in [0.4, 0.5) is 5.69 Å². The van der Waals surface area contributed by atoms with Crippen LogP contribution in [0.2, 0.25) is 0 Å². The fraction of sp³-hybridized carbons (Fsp3) is 0.133. The summed E-state index contributed by atoms with van der Waals surface area (Å²) in [4.78, 5) is 12.1. The molecule has 0 aliphatic heterocycles. The molecule has 18 heavy (non-hydrogen) atoms. The van der Waals surface area contributed by atoms with Gasteiger partial charge in [-0.05, 0) is 71.8 Å². The van der Waals surface area contributed by atoms with Gasteiger partial charge in [-0.25, -0.2) is 0 Å². The third-order valence-electron chi connectivity index (χ3n) is 2.83. The van der Waals surface area contributed by atoms with Gasteiger partial charge >= 0.3 is 0 Å². The van der Waals surface area contributed by atoms with Gasteiger partial charge in [0.1, 0.15) is 0 Å². The molecule has 2 aromatic rings. The second-order valence-electron chi connectivity index (χ2n) is 4.23. The fourth-order valence-electron chi connectivity index (χ4n) is 1.80. The lowest BCUT2D eigenvalue weighted by atomic mass is 10.1. The predicted molar refractivity (Wildman–Crippen MR) is 83.0 cm³/mol. The highest BCUT2D eigenvalue weighted by Gasteiger charge is 2.09. The van der Waals surface area contributed by atoms with Crippen LogP contribution in [0.15, 0.2) is 42.5 Å². The van der Waals surface area contributed by atoms with Crippen molar-refractivity contribution in [3.05, 3.63) is 62.7 Å². The number of halogens is 1. The van der Waals surface area contributed by atoms with Crippen LogP contribution in [0.25, 0.3) is 0 Å². The Bertz CT molecular complexity index is 555. The Morgan fingerprint density at radius 1 is 1.00 bits per heavy atom. The first-order chi connectivity index (χ1) is 8.58. The number of carbonyl (C=O) groups is 1. The average molecular weight is 351 g/mol. The summed E-state index contributed by atoms with van der Waals surface area (Å²) in [5, 5.41) is 2.97. The number of nitrogens with one attached hydrogen (secondary N) is 1. The van der Waals surface area contributed by atoms with Crippen molar-refractivity contribution in [3.63, 3.8) is 0 Å². The first-order valence-corrected chi connectivity index (χ1v) is 6.79. The smallest absolute Gasteiger partial charge is 0.255 e. The normalized spacial score (nSPS) is 10.2. The highest BCUT2D eigenvalue weighted by molar-refractivity contribution is 14.1. The summed E-state index contributed by atoms with van der Waals surface area (Å²) in [6.07, 6.45) is 0. The van der Waals surface area contributed by atoms with Crippen LogP contribution in [0, 0.1) is 17.4 Å². The molecule has 0 aromatic heterocycles. The van der Waals surface area contributed by atoms with E-state index in [0.717, 1.165) is 20.4 Å². The van der Waals surface area contributed by atoms with E-state index >= 15 is 0 Å². The summed E-state index contributed by atoms with van der Waals surface area (Å²) in [7, 11) is 0. The van der Waals surface area contributed by atoms with Gasteiger partial charge in [0.25, 0.3) is 5.91 Å². The standard InChI is InChI=1S/C15H14INO/c1-10-4-3-5-11(2)14(10)17-15(18)12-6-8-13(16)9-7-12/h3-9H,1-2H3,(H,17,18). The van der Waals surface area contributed by atoms with Gasteiger partial charge in [-0.3, -0.25) is 4.79 Å². The summed E-state index contributed by atoms with van der Waals surface area (Å²) >= 11 is 2.22. The Kier molecular flexibility index (Phi) is 4.01. The monoisotopic (exact) mass is 351 g/mol. The number of anilines is 1. The van der Waals surface area contributed by atoms with Crippen LogP contribution in [0.5, 0.6) is 0 Å². The summed E-state index contributed by atoms with van der Waals surface area (Å²) in [5.41, 5.74) is 3.74. The molecule has 0 bridgehead atoms. The Morgan fingerprint density at radius 3 is 2.11 bits per heavy atom. The Balaban J connectivity index is 2.24. The number of hydrogen-bond donors (Lipinski definition) is 1. The quantitative estimate of drug-likeness (QED) is 0.809. The van der Waals surface area contributed by atoms with Crippen molar-refractivity contribution in [1.29, 1.82) is 0 Å². The SMILES string of the molecule is Cc1cccc(C)c1NC(=O)c1ccc(I)cc1. The molecule has 1 N–H and O–H groups in total. The van der Waals surface area contributed by atoms with E-state index in [0.29, 0.717) is 5.56 Å². The minimum Gasteiger partial charge on any atom is -0.322 e. The Hall–Kier alpha value is -1.36. The summed E-state index contributed by atoms with van der Waals surface area (Å²) in [6, 6.07) is 13.5. The molecule has 0 fully saturated rings. The maximum atomic E-state index is 12.1. The van der Waals surface area contributed by atoms with Crippen LogP contribution in [0.1, 0.15) is 21.5 Å². The van der Waals surface area contributed by atoms with E-state index in [4.69, 9.17) is 0 Å². The second-order valence-corrected chi connectivity index (χ2v) is 5.47. The van der Waals surface area contributed by atoms with Crippen molar-refractivity contribution in [2.24, 2.45) is 0 Å². The van der Waals surface area contributed by atoms with Gasteiger partial charge in [-0.2, -0.15) is 0 Å². The Labute approximate surface area is 121 Å². The van der Waals surface area contributed by atoms with E-state index in [1.807, 2.05) is 56.3 Å². The van der Waals surface area contributed by atoms with Gasteiger partial charge in [0, 0.05) is 14.8 Å². The number of benzene rings is 2. The lowest BCUT2D eigenvalue weighted by Crippen LogP contribution is -2.13. The molecule has 0 spiro atoms. The zero-order valence-corrected chi connectivity index (χ0v) is 12.5. The van der Waals surface area contributed by atoms with Gasteiger partial charge in [0.2, 0.25) is 0 Å². The van der Waals surface area contributed by atoms with Gasteiger partial charge in [0.15, 0.2) is 0 Å². The molecule has 1 amide bonds. The maximum Gasteiger partial charge on any atom is 0.255 e. The molecule has 0 aliphatic carbocycles. The van der Waals surface area contributed by atoms with E-state index in [-0.39, 0.29) is 5.91 Å². The van der Waals surface area contributed by atoms with Crippen LogP contribution < -0.4 is 5.32 Å². The topological polar surface area (TPSA) is 29.1 Å². The lowest BCUT2D eigenvalue weighted by Gasteiger charge is -2.11. The largest absolute Gasteiger partial charge is 0.322 e. The van der Waals surface area contributed by atoms with E-state index in [9.17, 15) is 4.79 Å². The number of carbonyl (C=O) groups excluding carboxylic acids is 1. The minimum absolute atomic E-state index is 0.0659. The molecule has 92 valence electrons. The Morgan fingerprint density at radius 2 is 1.56 bits per heavy atom. The molecule has 2 aromatic carbocycles. The van der Waals surface area contributed by atoms with Gasteiger partial charge in [-0.15, -0.1) is 0 Å². The maximum absolute atomic E-state index is 12.1. The van der Waals surface area contributed by atoms with Crippen molar-refractivity contribution in [1.82, 2.24) is 0 Å². The zero-order valence-electron chi connectivity index (χ0n) is 10.3. The van der Waals surface area contributed by atoms with Crippen LogP contribution in [-0.2, 0) is 0 Å².